The monoisotopic (exact) mass is 161 g/mol. The summed E-state index contributed by atoms with van der Waals surface area (Å²) in [5.41, 5.74) is 0.778. The van der Waals surface area contributed by atoms with Crippen LogP contribution in [0.5, 0.6) is 0 Å². The number of rotatable bonds is 1. The molecule has 64 valence electrons. The Morgan fingerprint density at radius 1 is 1.36 bits per heavy atom. The number of hydrogen-bond acceptors (Lipinski definition) is 0. The van der Waals surface area contributed by atoms with Crippen LogP contribution in [0.4, 0.5) is 8.78 Å². The van der Waals surface area contributed by atoms with Crippen molar-refractivity contribution in [1.82, 2.24) is 4.57 Å². The fraction of sp³-hybridized carbons (Fsp3) is 0.500. The number of aryl methyl sites for hydroxylation is 2. The van der Waals surface area contributed by atoms with Gasteiger partial charge >= 0.3 is 0 Å². The lowest BCUT2D eigenvalue weighted by Crippen LogP contribution is -1.82. The van der Waals surface area contributed by atoms with E-state index in [1.165, 1.54) is 6.20 Å². The van der Waals surface area contributed by atoms with Crippen LogP contribution >= 0.6 is 0 Å². The third kappa shape index (κ3) is 2.03. The van der Waals surface area contributed by atoms with E-state index in [-0.39, 0.29) is 13.0 Å². The molecule has 3 heteroatoms. The van der Waals surface area contributed by atoms with Crippen molar-refractivity contribution < 1.29 is 8.78 Å². The van der Waals surface area contributed by atoms with E-state index in [0.717, 1.165) is 0 Å². The molecule has 11 heavy (non-hydrogen) atoms. The van der Waals surface area contributed by atoms with Gasteiger partial charge in [-0.2, -0.15) is 0 Å². The van der Waals surface area contributed by atoms with Gasteiger partial charge in [0, 0.05) is 25.0 Å². The normalized spacial score (nSPS) is 9.91. The minimum Gasteiger partial charge on any atom is -0.356 e. The van der Waals surface area contributed by atoms with Gasteiger partial charge in [-0.1, -0.05) is 7.43 Å². The first-order chi connectivity index (χ1) is 4.61. The fourth-order valence-corrected chi connectivity index (χ4v) is 0.967. The van der Waals surface area contributed by atoms with E-state index in [9.17, 15) is 8.78 Å². The molecule has 1 aromatic heterocycles. The Labute approximate surface area is 65.6 Å². The number of aromatic nitrogens is 1. The van der Waals surface area contributed by atoms with Gasteiger partial charge in [-0.25, -0.2) is 8.78 Å². The molecule has 0 atom stereocenters. The summed E-state index contributed by atoms with van der Waals surface area (Å²) in [7, 11) is 1.74. The SMILES string of the molecule is C.Cc1cn(C)cc1C(F)F. The van der Waals surface area contributed by atoms with Gasteiger partial charge in [-0.05, 0) is 12.5 Å². The Morgan fingerprint density at radius 3 is 2.09 bits per heavy atom. The number of nitrogens with zero attached hydrogens (tertiary/aromatic N) is 1. The minimum absolute atomic E-state index is 0. The maximum atomic E-state index is 12.0. The molecule has 0 amide bonds. The average molecular weight is 161 g/mol. The van der Waals surface area contributed by atoms with Crippen molar-refractivity contribution in [2.24, 2.45) is 7.05 Å². The maximum Gasteiger partial charge on any atom is 0.265 e. The molecule has 0 N–H and O–H groups in total. The van der Waals surface area contributed by atoms with Crippen LogP contribution in [0.15, 0.2) is 12.4 Å². The molecule has 0 aliphatic carbocycles. The molecule has 1 nitrogen and oxygen atoms in total. The highest BCUT2D eigenvalue weighted by Gasteiger charge is 2.10. The van der Waals surface area contributed by atoms with E-state index in [0.29, 0.717) is 5.56 Å². The second-order valence-electron chi connectivity index (χ2n) is 2.36. The Bertz CT molecular complexity index is 228. The first-order valence-corrected chi connectivity index (χ1v) is 3.02. The first kappa shape index (κ1) is 10.1. The van der Waals surface area contributed by atoms with Crippen LogP contribution in [-0.4, -0.2) is 4.57 Å². The molecule has 1 aromatic rings. The van der Waals surface area contributed by atoms with Crippen molar-refractivity contribution in [2.45, 2.75) is 20.8 Å². The lowest BCUT2D eigenvalue weighted by Gasteiger charge is -1.93. The summed E-state index contributed by atoms with van der Waals surface area (Å²) in [5.74, 6) is 0. The highest BCUT2D eigenvalue weighted by molar-refractivity contribution is 5.23. The van der Waals surface area contributed by atoms with Gasteiger partial charge in [0.25, 0.3) is 6.43 Å². The van der Waals surface area contributed by atoms with Crippen LogP contribution in [0.25, 0.3) is 0 Å². The van der Waals surface area contributed by atoms with Gasteiger partial charge in [0.1, 0.15) is 0 Å². The number of halogens is 2. The van der Waals surface area contributed by atoms with Crippen LogP contribution in [0.3, 0.4) is 0 Å². The van der Waals surface area contributed by atoms with E-state index >= 15 is 0 Å². The summed E-state index contributed by atoms with van der Waals surface area (Å²) < 4.78 is 25.7. The summed E-state index contributed by atoms with van der Waals surface area (Å²) in [6, 6.07) is 0. The van der Waals surface area contributed by atoms with Crippen LogP contribution in [-0.2, 0) is 7.05 Å². The lowest BCUT2D eigenvalue weighted by molar-refractivity contribution is 0.150. The second-order valence-corrected chi connectivity index (χ2v) is 2.36. The van der Waals surface area contributed by atoms with E-state index in [2.05, 4.69) is 0 Å². The Balaban J connectivity index is 0.000001000. The van der Waals surface area contributed by atoms with Crippen molar-refractivity contribution in [3.8, 4) is 0 Å². The smallest absolute Gasteiger partial charge is 0.265 e. The van der Waals surface area contributed by atoms with Crippen LogP contribution < -0.4 is 0 Å². The predicted octanol–water partition coefficient (Wildman–Crippen LogP) is 2.91. The molecule has 0 radical (unpaired) electrons. The second kappa shape index (κ2) is 3.51. The number of hydrogen-bond donors (Lipinski definition) is 0. The van der Waals surface area contributed by atoms with E-state index in [1.807, 2.05) is 0 Å². The molecule has 0 aromatic carbocycles. The van der Waals surface area contributed by atoms with Crippen molar-refractivity contribution >= 4 is 0 Å². The molecule has 1 rings (SSSR count). The van der Waals surface area contributed by atoms with Crippen molar-refractivity contribution in [1.29, 1.82) is 0 Å². The zero-order valence-corrected chi connectivity index (χ0v) is 5.94. The molecule has 0 saturated heterocycles. The lowest BCUT2D eigenvalue weighted by atomic mass is 10.2. The summed E-state index contributed by atoms with van der Waals surface area (Å²) in [6.07, 6.45) is 0.780. The van der Waals surface area contributed by atoms with E-state index < -0.39 is 6.43 Å². The molecule has 0 bridgehead atoms. The molecule has 0 spiro atoms. The summed E-state index contributed by atoms with van der Waals surface area (Å²) in [6.45, 7) is 1.68. The molecule has 0 aliphatic rings. The zero-order valence-electron chi connectivity index (χ0n) is 5.94. The van der Waals surface area contributed by atoms with Gasteiger partial charge in [0.05, 0.1) is 0 Å². The van der Waals surface area contributed by atoms with Gasteiger partial charge in [0.2, 0.25) is 0 Å². The van der Waals surface area contributed by atoms with Crippen LogP contribution in [0.1, 0.15) is 25.0 Å². The molecular weight excluding hydrogens is 148 g/mol. The maximum absolute atomic E-state index is 12.0. The highest BCUT2D eigenvalue weighted by atomic mass is 19.3. The standard InChI is InChI=1S/C7H9F2N.CH4/c1-5-3-10(2)4-6(5)7(8)9;/h3-4,7H,1-2H3;1H4. The predicted molar refractivity (Wildman–Crippen MR) is 41.8 cm³/mol. The van der Waals surface area contributed by atoms with Crippen molar-refractivity contribution in [3.05, 3.63) is 23.5 Å². The van der Waals surface area contributed by atoms with E-state index in [4.69, 9.17) is 0 Å². The minimum atomic E-state index is -2.35. The topological polar surface area (TPSA) is 4.93 Å². The third-order valence-electron chi connectivity index (χ3n) is 1.43. The molecule has 0 unspecified atom stereocenters. The Kier molecular flexibility index (Phi) is 3.23. The van der Waals surface area contributed by atoms with Crippen molar-refractivity contribution in [2.75, 3.05) is 0 Å². The molecule has 1 heterocycles. The Hall–Kier alpha value is -0.860. The molecule has 0 aliphatic heterocycles. The van der Waals surface area contributed by atoms with Gasteiger partial charge in [-0.15, -0.1) is 0 Å². The molecule has 0 saturated carbocycles. The quantitative estimate of drug-likeness (QED) is 0.596. The third-order valence-corrected chi connectivity index (χ3v) is 1.43. The summed E-state index contributed by atoms with van der Waals surface area (Å²) in [5, 5.41) is 0. The van der Waals surface area contributed by atoms with E-state index in [1.54, 1.807) is 24.7 Å². The van der Waals surface area contributed by atoms with Crippen LogP contribution in [0.2, 0.25) is 0 Å². The molecule has 0 fully saturated rings. The average Bonchev–Trinajstić information content (AvgIpc) is 2.10. The summed E-state index contributed by atoms with van der Waals surface area (Å²) in [4.78, 5) is 0. The Morgan fingerprint density at radius 2 is 1.91 bits per heavy atom. The zero-order chi connectivity index (χ0) is 7.72. The highest BCUT2D eigenvalue weighted by Crippen LogP contribution is 2.22. The number of alkyl halides is 2. The largest absolute Gasteiger partial charge is 0.356 e. The van der Waals surface area contributed by atoms with Gasteiger partial charge in [0.15, 0.2) is 0 Å². The van der Waals surface area contributed by atoms with Gasteiger partial charge < -0.3 is 4.57 Å². The summed E-state index contributed by atoms with van der Waals surface area (Å²) >= 11 is 0. The van der Waals surface area contributed by atoms with Crippen LogP contribution in [0, 0.1) is 6.92 Å². The van der Waals surface area contributed by atoms with Gasteiger partial charge in [-0.3, -0.25) is 0 Å². The fourth-order valence-electron chi connectivity index (χ4n) is 0.967. The first-order valence-electron chi connectivity index (χ1n) is 3.02. The molecular formula is C8H13F2N. The van der Waals surface area contributed by atoms with Crippen molar-refractivity contribution in [3.63, 3.8) is 0 Å².